The Morgan fingerprint density at radius 3 is 2.41 bits per heavy atom. The van der Waals surface area contributed by atoms with E-state index < -0.39 is 11.6 Å². The lowest BCUT2D eigenvalue weighted by Gasteiger charge is -2.38. The molecule has 4 bridgehead atoms. The van der Waals surface area contributed by atoms with Crippen molar-refractivity contribution in [3.8, 4) is 0 Å². The largest absolute Gasteiger partial charge is 0.347 e. The summed E-state index contributed by atoms with van der Waals surface area (Å²) in [6.07, 6.45) is 6.83. The number of piperazine rings is 1. The zero-order chi connectivity index (χ0) is 22.5. The maximum Gasteiger partial charge on any atom is 0.242 e. The van der Waals surface area contributed by atoms with E-state index in [-0.39, 0.29) is 40.9 Å². The van der Waals surface area contributed by atoms with Crippen LogP contribution in [0.4, 0.5) is 8.78 Å². The molecule has 1 aliphatic heterocycles. The predicted molar refractivity (Wildman–Crippen MR) is 117 cm³/mol. The Balaban J connectivity index is 1.06. The van der Waals surface area contributed by atoms with Gasteiger partial charge in [-0.2, -0.15) is 0 Å². The van der Waals surface area contributed by atoms with E-state index >= 15 is 0 Å². The number of carbonyl (C=O) groups excluding carboxylic acids is 2. The van der Waals surface area contributed by atoms with Crippen molar-refractivity contribution >= 4 is 23.4 Å². The highest BCUT2D eigenvalue weighted by Gasteiger charge is 2.56. The molecule has 32 heavy (non-hydrogen) atoms. The molecule has 1 saturated heterocycles. The Morgan fingerprint density at radius 2 is 1.75 bits per heavy atom. The molecular weight excluding hydrogens is 436 g/mol. The van der Waals surface area contributed by atoms with Gasteiger partial charge in [0.15, 0.2) is 11.6 Å². The van der Waals surface area contributed by atoms with Crippen LogP contribution < -0.4 is 5.32 Å². The van der Waals surface area contributed by atoms with Gasteiger partial charge in [-0.25, -0.2) is 8.78 Å². The van der Waals surface area contributed by atoms with E-state index in [9.17, 15) is 18.4 Å². The second-order valence-electron chi connectivity index (χ2n) is 10.4. The first-order chi connectivity index (χ1) is 15.3. The lowest BCUT2D eigenvalue weighted by molar-refractivity contribution is -0.135. The summed E-state index contributed by atoms with van der Waals surface area (Å²) in [6.45, 7) is 2.37. The van der Waals surface area contributed by atoms with Crippen molar-refractivity contribution in [3.05, 3.63) is 34.4 Å². The highest BCUT2D eigenvalue weighted by Crippen LogP contribution is 2.65. The third-order valence-corrected chi connectivity index (χ3v) is 8.43. The Hall–Kier alpha value is -1.73. The van der Waals surface area contributed by atoms with Crippen LogP contribution in [-0.4, -0.2) is 54.3 Å². The summed E-state index contributed by atoms with van der Waals surface area (Å²) in [5, 5.41) is 3.02. The molecule has 5 fully saturated rings. The van der Waals surface area contributed by atoms with E-state index in [2.05, 4.69) is 5.32 Å². The van der Waals surface area contributed by atoms with Crippen molar-refractivity contribution in [2.75, 3.05) is 32.7 Å². The monoisotopic (exact) mass is 465 g/mol. The van der Waals surface area contributed by atoms with Crippen molar-refractivity contribution in [1.82, 2.24) is 15.1 Å². The number of rotatable bonds is 6. The number of benzene rings is 1. The molecule has 2 atom stereocenters. The minimum absolute atomic E-state index is 0.00241. The molecule has 4 saturated carbocycles. The van der Waals surface area contributed by atoms with Crippen LogP contribution in [0, 0.1) is 34.8 Å². The Bertz CT molecular complexity index is 899. The number of amides is 2. The summed E-state index contributed by atoms with van der Waals surface area (Å²) in [7, 11) is 0. The summed E-state index contributed by atoms with van der Waals surface area (Å²) < 4.78 is 27.6. The second kappa shape index (κ2) is 8.56. The van der Waals surface area contributed by atoms with Crippen LogP contribution in [0.25, 0.3) is 0 Å². The molecule has 1 aromatic rings. The quantitative estimate of drug-likeness (QED) is 0.653. The van der Waals surface area contributed by atoms with E-state index in [0.29, 0.717) is 32.6 Å². The number of carbonyl (C=O) groups is 2. The molecule has 1 N–H and O–H groups in total. The van der Waals surface area contributed by atoms with Gasteiger partial charge >= 0.3 is 0 Å². The number of nitrogens with one attached hydrogen (secondary N) is 1. The number of halogens is 3. The molecule has 0 spiro atoms. The van der Waals surface area contributed by atoms with Crippen molar-refractivity contribution < 1.29 is 18.4 Å². The van der Waals surface area contributed by atoms with Crippen LogP contribution in [0.5, 0.6) is 0 Å². The molecule has 8 heteroatoms. The highest BCUT2D eigenvalue weighted by molar-refractivity contribution is 6.30. The van der Waals surface area contributed by atoms with Crippen molar-refractivity contribution in [1.29, 1.82) is 0 Å². The first-order valence-corrected chi connectivity index (χ1v) is 12.1. The lowest BCUT2D eigenvalue weighted by atomic mass is 9.67. The van der Waals surface area contributed by atoms with E-state index in [1.807, 2.05) is 4.90 Å². The Kier molecular flexibility index (Phi) is 5.91. The summed E-state index contributed by atoms with van der Waals surface area (Å²) >= 11 is 5.84. The van der Waals surface area contributed by atoms with Gasteiger partial charge in [0.05, 0.1) is 6.54 Å². The highest BCUT2D eigenvalue weighted by atomic mass is 35.5. The first kappa shape index (κ1) is 22.1. The maximum absolute atomic E-state index is 14.0. The van der Waals surface area contributed by atoms with Crippen LogP contribution in [0.2, 0.25) is 5.02 Å². The molecular formula is C24H30ClF2N3O2. The van der Waals surface area contributed by atoms with E-state index in [0.717, 1.165) is 23.8 Å². The Labute approximate surface area is 192 Å². The minimum atomic E-state index is -0.949. The van der Waals surface area contributed by atoms with Gasteiger partial charge in [-0.15, -0.1) is 0 Å². The molecule has 4 aliphatic carbocycles. The average Bonchev–Trinajstić information content (AvgIpc) is 3.16. The fourth-order valence-corrected chi connectivity index (χ4v) is 7.23. The normalized spacial score (nSPS) is 31.3. The first-order valence-electron chi connectivity index (χ1n) is 11.7. The molecule has 0 radical (unpaired) electrons. The zero-order valence-electron chi connectivity index (χ0n) is 18.2. The summed E-state index contributed by atoms with van der Waals surface area (Å²) in [5.74, 6) is 0.556. The summed E-state index contributed by atoms with van der Waals surface area (Å²) in [5.41, 5.74) is 0.403. The molecule has 2 unspecified atom stereocenters. The van der Waals surface area contributed by atoms with Gasteiger partial charge < -0.3 is 10.2 Å². The van der Waals surface area contributed by atoms with Gasteiger partial charge in [0.25, 0.3) is 0 Å². The molecule has 2 amide bonds. The van der Waals surface area contributed by atoms with E-state index in [1.165, 1.54) is 38.2 Å². The number of hydrogen-bond acceptors (Lipinski definition) is 3. The molecule has 5 nitrogen and oxygen atoms in total. The van der Waals surface area contributed by atoms with Crippen LogP contribution in [0.3, 0.4) is 0 Å². The fourth-order valence-electron chi connectivity index (χ4n) is 7.01. The van der Waals surface area contributed by atoms with Gasteiger partial charge in [-0.05, 0) is 67.4 Å². The van der Waals surface area contributed by atoms with E-state index in [4.69, 9.17) is 11.6 Å². The molecule has 1 aromatic carbocycles. The van der Waals surface area contributed by atoms with Crippen LogP contribution in [0.1, 0.15) is 44.1 Å². The van der Waals surface area contributed by atoms with Gasteiger partial charge in [-0.3, -0.25) is 14.5 Å². The zero-order valence-corrected chi connectivity index (χ0v) is 19.0. The SMILES string of the molecule is O=C(CC12CC3CC(C1)C(C3)C2)NCC(=O)N1CCN(Cc2cc(Cl)cc(F)c2F)CC1. The van der Waals surface area contributed by atoms with Crippen molar-refractivity contribution in [2.24, 2.45) is 23.2 Å². The van der Waals surface area contributed by atoms with Crippen LogP contribution in [-0.2, 0) is 16.1 Å². The van der Waals surface area contributed by atoms with Crippen LogP contribution >= 0.6 is 11.6 Å². The van der Waals surface area contributed by atoms with Gasteiger partial charge in [0.1, 0.15) is 0 Å². The van der Waals surface area contributed by atoms with Crippen molar-refractivity contribution in [2.45, 2.75) is 45.1 Å². The number of hydrogen-bond donors (Lipinski definition) is 1. The standard InChI is InChI=1S/C24H30ClF2N3O2/c25-19-7-18(23(27)20(26)8-19)14-29-1-3-30(4-2-29)22(32)13-28-21(31)12-24-9-15-5-16(10-24)17(6-15)11-24/h7-8,15-17H,1-6,9-14H2,(H,28,31). The third-order valence-electron chi connectivity index (χ3n) is 8.21. The molecule has 174 valence electrons. The van der Waals surface area contributed by atoms with E-state index in [1.54, 1.807) is 4.90 Å². The molecule has 0 aromatic heterocycles. The fraction of sp³-hybridized carbons (Fsp3) is 0.667. The third kappa shape index (κ3) is 4.38. The topological polar surface area (TPSA) is 52.7 Å². The van der Waals surface area contributed by atoms with Crippen LogP contribution in [0.15, 0.2) is 12.1 Å². The van der Waals surface area contributed by atoms with Gasteiger partial charge in [0, 0.05) is 49.7 Å². The molecule has 1 heterocycles. The average molecular weight is 466 g/mol. The minimum Gasteiger partial charge on any atom is -0.347 e. The number of nitrogens with zero attached hydrogens (tertiary/aromatic N) is 2. The van der Waals surface area contributed by atoms with Gasteiger partial charge in [0.2, 0.25) is 11.8 Å². The van der Waals surface area contributed by atoms with Gasteiger partial charge in [-0.1, -0.05) is 11.6 Å². The predicted octanol–water partition coefficient (Wildman–Crippen LogP) is 3.60. The lowest BCUT2D eigenvalue weighted by Crippen LogP contribution is -2.51. The Morgan fingerprint density at radius 1 is 1.06 bits per heavy atom. The summed E-state index contributed by atoms with van der Waals surface area (Å²) in [4.78, 5) is 28.9. The smallest absolute Gasteiger partial charge is 0.242 e. The van der Waals surface area contributed by atoms with Crippen molar-refractivity contribution in [3.63, 3.8) is 0 Å². The maximum atomic E-state index is 14.0. The summed E-state index contributed by atoms with van der Waals surface area (Å²) in [6, 6.07) is 2.40. The second-order valence-corrected chi connectivity index (χ2v) is 10.9. The molecule has 6 rings (SSSR count). The molecule has 5 aliphatic rings.